The zero-order chi connectivity index (χ0) is 16.2. The van der Waals surface area contributed by atoms with E-state index in [0.29, 0.717) is 6.54 Å². The highest BCUT2D eigenvalue weighted by Crippen LogP contribution is 2.38. The molecule has 0 bridgehead atoms. The molecular weight excluding hydrogens is 290 g/mol. The number of nitrogens with one attached hydrogen (secondary N) is 1. The molecule has 2 atom stereocenters. The summed E-state index contributed by atoms with van der Waals surface area (Å²) in [5.41, 5.74) is 3.10. The SMILES string of the molecule is CC[C@H](C)C(=O)NC[C@H]1Cc2cccc(-c3cncnc3)c2O1. The summed E-state index contributed by atoms with van der Waals surface area (Å²) in [6, 6.07) is 6.10. The van der Waals surface area contributed by atoms with Crippen molar-refractivity contribution in [3.05, 3.63) is 42.5 Å². The van der Waals surface area contributed by atoms with Crippen LogP contribution >= 0.6 is 0 Å². The minimum absolute atomic E-state index is 0.0243. The van der Waals surface area contributed by atoms with E-state index in [2.05, 4.69) is 21.4 Å². The number of carbonyl (C=O) groups is 1. The number of benzene rings is 1. The Balaban J connectivity index is 1.71. The van der Waals surface area contributed by atoms with Crippen LogP contribution in [0.1, 0.15) is 25.8 Å². The lowest BCUT2D eigenvalue weighted by atomic mass is 10.0. The number of nitrogens with zero attached hydrogens (tertiary/aromatic N) is 2. The Morgan fingerprint density at radius 3 is 2.91 bits per heavy atom. The molecule has 0 saturated carbocycles. The van der Waals surface area contributed by atoms with E-state index >= 15 is 0 Å². The van der Waals surface area contributed by atoms with E-state index in [-0.39, 0.29) is 17.9 Å². The minimum Gasteiger partial charge on any atom is -0.487 e. The first kappa shape index (κ1) is 15.5. The molecule has 1 N–H and O–H groups in total. The molecule has 120 valence electrons. The Morgan fingerprint density at radius 1 is 1.39 bits per heavy atom. The van der Waals surface area contributed by atoms with Crippen molar-refractivity contribution in [3.63, 3.8) is 0 Å². The van der Waals surface area contributed by atoms with Crippen molar-refractivity contribution in [1.82, 2.24) is 15.3 Å². The molecular formula is C18H21N3O2. The highest BCUT2D eigenvalue weighted by molar-refractivity contribution is 5.78. The van der Waals surface area contributed by atoms with E-state index in [9.17, 15) is 4.79 Å². The summed E-state index contributed by atoms with van der Waals surface area (Å²) in [5, 5.41) is 2.98. The second-order valence-corrected chi connectivity index (χ2v) is 5.92. The summed E-state index contributed by atoms with van der Waals surface area (Å²) in [5.74, 6) is 1.00. The second-order valence-electron chi connectivity index (χ2n) is 5.92. The predicted molar refractivity (Wildman–Crippen MR) is 88.1 cm³/mol. The van der Waals surface area contributed by atoms with Gasteiger partial charge in [-0.2, -0.15) is 0 Å². The Kier molecular flexibility index (Phi) is 4.55. The van der Waals surface area contributed by atoms with Gasteiger partial charge in [-0.15, -0.1) is 0 Å². The topological polar surface area (TPSA) is 64.1 Å². The normalized spacial score (nSPS) is 17.2. The lowest BCUT2D eigenvalue weighted by molar-refractivity contribution is -0.124. The molecule has 1 aliphatic rings. The summed E-state index contributed by atoms with van der Waals surface area (Å²) < 4.78 is 6.09. The van der Waals surface area contributed by atoms with Crippen LogP contribution in [0.4, 0.5) is 0 Å². The van der Waals surface area contributed by atoms with Gasteiger partial charge in [-0.3, -0.25) is 4.79 Å². The van der Waals surface area contributed by atoms with Gasteiger partial charge in [0, 0.05) is 35.9 Å². The first-order chi connectivity index (χ1) is 11.2. The Labute approximate surface area is 136 Å². The van der Waals surface area contributed by atoms with Crippen molar-refractivity contribution in [3.8, 4) is 16.9 Å². The number of hydrogen-bond donors (Lipinski definition) is 1. The van der Waals surface area contributed by atoms with E-state index in [1.54, 1.807) is 12.4 Å². The Bertz CT molecular complexity index is 688. The van der Waals surface area contributed by atoms with Crippen LogP contribution in [0.15, 0.2) is 36.9 Å². The third-order valence-corrected chi connectivity index (χ3v) is 4.26. The molecule has 5 nitrogen and oxygen atoms in total. The van der Waals surface area contributed by atoms with Crippen molar-refractivity contribution in [2.24, 2.45) is 5.92 Å². The molecule has 0 unspecified atom stereocenters. The summed E-state index contributed by atoms with van der Waals surface area (Å²) in [4.78, 5) is 20.0. The molecule has 3 rings (SSSR count). The molecule has 23 heavy (non-hydrogen) atoms. The molecule has 0 fully saturated rings. The zero-order valence-electron chi connectivity index (χ0n) is 13.5. The van der Waals surface area contributed by atoms with Crippen LogP contribution in [0.5, 0.6) is 5.75 Å². The highest BCUT2D eigenvalue weighted by Gasteiger charge is 2.26. The summed E-state index contributed by atoms with van der Waals surface area (Å²) >= 11 is 0. The number of amides is 1. The van der Waals surface area contributed by atoms with Gasteiger partial charge in [0.2, 0.25) is 5.91 Å². The Hall–Kier alpha value is -2.43. The molecule has 0 saturated heterocycles. The second kappa shape index (κ2) is 6.77. The largest absolute Gasteiger partial charge is 0.487 e. The first-order valence-corrected chi connectivity index (χ1v) is 8.00. The third kappa shape index (κ3) is 3.33. The van der Waals surface area contributed by atoms with Crippen molar-refractivity contribution >= 4 is 5.91 Å². The quantitative estimate of drug-likeness (QED) is 0.922. The molecule has 1 aromatic carbocycles. The number of hydrogen-bond acceptors (Lipinski definition) is 4. The van der Waals surface area contributed by atoms with E-state index in [0.717, 1.165) is 35.3 Å². The molecule has 0 spiro atoms. The van der Waals surface area contributed by atoms with Gasteiger partial charge >= 0.3 is 0 Å². The van der Waals surface area contributed by atoms with E-state index in [1.165, 1.54) is 6.33 Å². The van der Waals surface area contributed by atoms with Gasteiger partial charge in [-0.1, -0.05) is 32.0 Å². The number of fused-ring (bicyclic) bond motifs is 1. The van der Waals surface area contributed by atoms with E-state index < -0.39 is 0 Å². The molecule has 0 radical (unpaired) electrons. The van der Waals surface area contributed by atoms with Crippen molar-refractivity contribution < 1.29 is 9.53 Å². The van der Waals surface area contributed by atoms with Crippen LogP contribution in [0.25, 0.3) is 11.1 Å². The van der Waals surface area contributed by atoms with Crippen LogP contribution in [0, 0.1) is 5.92 Å². The fourth-order valence-corrected chi connectivity index (χ4v) is 2.69. The van der Waals surface area contributed by atoms with Crippen molar-refractivity contribution in [1.29, 1.82) is 0 Å². The third-order valence-electron chi connectivity index (χ3n) is 4.26. The maximum Gasteiger partial charge on any atom is 0.222 e. The van der Waals surface area contributed by atoms with Crippen molar-refractivity contribution in [2.75, 3.05) is 6.54 Å². The fraction of sp³-hybridized carbons (Fsp3) is 0.389. The molecule has 2 heterocycles. The van der Waals surface area contributed by atoms with Gasteiger partial charge in [-0.25, -0.2) is 9.97 Å². The number of rotatable bonds is 5. The van der Waals surface area contributed by atoms with Crippen LogP contribution in [-0.2, 0) is 11.2 Å². The van der Waals surface area contributed by atoms with Gasteiger partial charge in [0.1, 0.15) is 18.2 Å². The fourth-order valence-electron chi connectivity index (χ4n) is 2.69. The van der Waals surface area contributed by atoms with Crippen LogP contribution in [-0.4, -0.2) is 28.5 Å². The maximum atomic E-state index is 11.9. The van der Waals surface area contributed by atoms with Crippen LogP contribution in [0.3, 0.4) is 0 Å². The van der Waals surface area contributed by atoms with Crippen molar-refractivity contribution in [2.45, 2.75) is 32.8 Å². The summed E-state index contributed by atoms with van der Waals surface area (Å²) in [6.45, 7) is 4.48. The lowest BCUT2D eigenvalue weighted by Gasteiger charge is -2.15. The molecule has 1 aromatic heterocycles. The number of para-hydroxylation sites is 1. The van der Waals surface area contributed by atoms with Gasteiger partial charge < -0.3 is 10.1 Å². The average molecular weight is 311 g/mol. The van der Waals surface area contributed by atoms with E-state index in [1.807, 2.05) is 26.0 Å². The predicted octanol–water partition coefficient (Wildman–Crippen LogP) is 2.61. The molecule has 1 aliphatic heterocycles. The summed E-state index contributed by atoms with van der Waals surface area (Å²) in [7, 11) is 0. The molecule has 5 heteroatoms. The number of ether oxygens (including phenoxy) is 1. The number of aromatic nitrogens is 2. The maximum absolute atomic E-state index is 11.9. The van der Waals surface area contributed by atoms with Gasteiger partial charge in [-0.05, 0) is 12.0 Å². The molecule has 2 aromatic rings. The first-order valence-electron chi connectivity index (χ1n) is 8.00. The standard InChI is InChI=1S/C18H21N3O2/c1-3-12(2)18(22)21-10-15-7-13-5-4-6-16(17(13)23-15)14-8-19-11-20-9-14/h4-6,8-9,11-12,15H,3,7,10H2,1-2H3,(H,21,22)/t12-,15+/m0/s1. The number of carbonyl (C=O) groups excluding carboxylic acids is 1. The van der Waals surface area contributed by atoms with Crippen LogP contribution in [0.2, 0.25) is 0 Å². The summed E-state index contributed by atoms with van der Waals surface area (Å²) in [6.07, 6.45) is 6.70. The van der Waals surface area contributed by atoms with Crippen LogP contribution < -0.4 is 10.1 Å². The average Bonchev–Trinajstić information content (AvgIpc) is 3.02. The van der Waals surface area contributed by atoms with E-state index in [4.69, 9.17) is 4.74 Å². The van der Waals surface area contributed by atoms with Gasteiger partial charge in [0.15, 0.2) is 0 Å². The Morgan fingerprint density at radius 2 is 2.17 bits per heavy atom. The molecule has 1 amide bonds. The highest BCUT2D eigenvalue weighted by atomic mass is 16.5. The monoisotopic (exact) mass is 311 g/mol. The smallest absolute Gasteiger partial charge is 0.222 e. The van der Waals surface area contributed by atoms with Gasteiger partial charge in [0.25, 0.3) is 0 Å². The minimum atomic E-state index is -0.0243. The zero-order valence-corrected chi connectivity index (χ0v) is 13.5. The molecule has 0 aliphatic carbocycles. The lowest BCUT2D eigenvalue weighted by Crippen LogP contribution is -2.37. The van der Waals surface area contributed by atoms with Gasteiger partial charge in [0.05, 0.1) is 6.54 Å².